The van der Waals surface area contributed by atoms with Gasteiger partial charge < -0.3 is 5.11 Å². The van der Waals surface area contributed by atoms with E-state index in [0.29, 0.717) is 12.8 Å². The Morgan fingerprint density at radius 2 is 1.60 bits per heavy atom. The number of hydrogen-bond acceptors (Lipinski definition) is 3. The van der Waals surface area contributed by atoms with Crippen LogP contribution >= 0.6 is 0 Å². The quantitative estimate of drug-likeness (QED) is 0.913. The molecule has 0 saturated carbocycles. The van der Waals surface area contributed by atoms with Crippen molar-refractivity contribution in [3.63, 3.8) is 0 Å². The molecule has 5 nitrogen and oxygen atoms in total. The normalized spacial score (nSPS) is 26.0. The molecule has 2 aliphatic rings. The van der Waals surface area contributed by atoms with Crippen LogP contribution in [-0.4, -0.2) is 35.9 Å². The highest BCUT2D eigenvalue weighted by molar-refractivity contribution is 7.89. The van der Waals surface area contributed by atoms with Gasteiger partial charge in [-0.1, -0.05) is 42.5 Å². The first kappa shape index (κ1) is 16.3. The fourth-order valence-corrected chi connectivity index (χ4v) is 6.07. The number of fused-ring (bicyclic) bond motifs is 2. The number of nitrogens with zero attached hydrogens (tertiary/aromatic N) is 1. The lowest BCUT2D eigenvalue weighted by molar-refractivity contribution is -0.142. The highest BCUT2D eigenvalue weighted by atomic mass is 32.2. The fraction of sp³-hybridized carbons (Fsp3) is 0.316. The summed E-state index contributed by atoms with van der Waals surface area (Å²) >= 11 is 0. The molecule has 2 aromatic carbocycles. The molecule has 0 spiro atoms. The Balaban J connectivity index is 1.64. The van der Waals surface area contributed by atoms with E-state index in [-0.39, 0.29) is 10.9 Å². The average Bonchev–Trinajstić information content (AvgIpc) is 3.22. The Bertz CT molecular complexity index is 893. The first-order valence-corrected chi connectivity index (χ1v) is 9.84. The summed E-state index contributed by atoms with van der Waals surface area (Å²) in [5, 5.41) is 9.33. The van der Waals surface area contributed by atoms with Crippen LogP contribution in [-0.2, 0) is 14.8 Å². The number of sulfonamides is 1. The largest absolute Gasteiger partial charge is 0.481 e. The van der Waals surface area contributed by atoms with E-state index in [0.717, 1.165) is 17.5 Å². The Hall–Kier alpha value is -2.18. The predicted octanol–water partition coefficient (Wildman–Crippen LogP) is 2.98. The zero-order chi connectivity index (χ0) is 17.6. The molecule has 3 atom stereocenters. The minimum Gasteiger partial charge on any atom is -0.481 e. The summed E-state index contributed by atoms with van der Waals surface area (Å²) < 4.78 is 27.5. The van der Waals surface area contributed by atoms with Gasteiger partial charge in [0.15, 0.2) is 0 Å². The van der Waals surface area contributed by atoms with Crippen LogP contribution in [0.1, 0.15) is 19.3 Å². The van der Waals surface area contributed by atoms with Crippen molar-refractivity contribution >= 4 is 16.0 Å². The van der Waals surface area contributed by atoms with E-state index in [1.54, 1.807) is 24.3 Å². The van der Waals surface area contributed by atoms with Crippen molar-refractivity contribution in [2.75, 3.05) is 0 Å². The zero-order valence-electron chi connectivity index (χ0n) is 13.6. The van der Waals surface area contributed by atoms with Crippen molar-refractivity contribution in [3.8, 4) is 11.1 Å². The lowest BCUT2D eigenvalue weighted by Crippen LogP contribution is -2.37. The maximum atomic E-state index is 13.0. The van der Waals surface area contributed by atoms with Crippen LogP contribution in [0, 0.1) is 5.92 Å². The lowest BCUT2D eigenvalue weighted by atomic mass is 9.89. The molecule has 2 fully saturated rings. The van der Waals surface area contributed by atoms with Crippen LogP contribution < -0.4 is 0 Å². The molecule has 0 radical (unpaired) electrons. The van der Waals surface area contributed by atoms with Gasteiger partial charge in [-0.05, 0) is 42.5 Å². The number of carboxylic acid groups (broad SMARTS) is 1. The van der Waals surface area contributed by atoms with E-state index in [9.17, 15) is 18.3 Å². The predicted molar refractivity (Wildman–Crippen MR) is 93.5 cm³/mol. The molecule has 0 aromatic heterocycles. The molecular weight excluding hydrogens is 338 g/mol. The molecule has 4 rings (SSSR count). The standard InChI is InChI=1S/C19H19NO4S/c21-19(22)17-12-15-8-11-18(17)20(15)25(23,24)16-9-6-14(7-10-16)13-4-2-1-3-5-13/h1-7,9-10,15,17-18H,8,11-12H2,(H,21,22). The van der Waals surface area contributed by atoms with Gasteiger partial charge in [-0.2, -0.15) is 4.31 Å². The molecule has 0 aliphatic carbocycles. The van der Waals surface area contributed by atoms with Gasteiger partial charge in [-0.3, -0.25) is 4.79 Å². The summed E-state index contributed by atoms with van der Waals surface area (Å²) in [6.07, 6.45) is 1.79. The maximum Gasteiger partial charge on any atom is 0.308 e. The first-order chi connectivity index (χ1) is 12.0. The molecule has 0 amide bonds. The molecule has 1 N–H and O–H groups in total. The van der Waals surface area contributed by atoms with Gasteiger partial charge in [0.1, 0.15) is 0 Å². The Morgan fingerprint density at radius 3 is 2.20 bits per heavy atom. The number of benzene rings is 2. The number of carbonyl (C=O) groups is 1. The lowest BCUT2D eigenvalue weighted by Gasteiger charge is -2.22. The van der Waals surface area contributed by atoms with Gasteiger partial charge in [0.25, 0.3) is 0 Å². The van der Waals surface area contributed by atoms with Crippen molar-refractivity contribution in [1.82, 2.24) is 4.31 Å². The van der Waals surface area contributed by atoms with Crippen LogP contribution in [0.15, 0.2) is 59.5 Å². The number of rotatable bonds is 4. The fourth-order valence-electron chi connectivity index (χ4n) is 4.15. The van der Waals surface area contributed by atoms with Gasteiger partial charge in [-0.25, -0.2) is 8.42 Å². The maximum absolute atomic E-state index is 13.0. The molecule has 130 valence electrons. The smallest absolute Gasteiger partial charge is 0.308 e. The molecule has 2 bridgehead atoms. The van der Waals surface area contributed by atoms with E-state index >= 15 is 0 Å². The molecule has 25 heavy (non-hydrogen) atoms. The third kappa shape index (κ3) is 2.65. The van der Waals surface area contributed by atoms with Gasteiger partial charge in [0.05, 0.1) is 10.8 Å². The third-order valence-electron chi connectivity index (χ3n) is 5.33. The van der Waals surface area contributed by atoms with Crippen molar-refractivity contribution in [3.05, 3.63) is 54.6 Å². The highest BCUT2D eigenvalue weighted by Crippen LogP contribution is 2.45. The molecule has 3 unspecified atom stereocenters. The van der Waals surface area contributed by atoms with Crippen LogP contribution in [0.5, 0.6) is 0 Å². The second-order valence-corrected chi connectivity index (χ2v) is 8.55. The molecular formula is C19H19NO4S. The topological polar surface area (TPSA) is 74.7 Å². The van der Waals surface area contributed by atoms with Gasteiger partial charge >= 0.3 is 5.97 Å². The van der Waals surface area contributed by atoms with Crippen molar-refractivity contribution in [1.29, 1.82) is 0 Å². The second kappa shape index (κ2) is 5.97. The summed E-state index contributed by atoms with van der Waals surface area (Å²) in [7, 11) is -3.67. The number of carboxylic acids is 1. The molecule has 2 aliphatic heterocycles. The van der Waals surface area contributed by atoms with Crippen LogP contribution in [0.4, 0.5) is 0 Å². The van der Waals surface area contributed by atoms with Crippen molar-refractivity contribution in [2.24, 2.45) is 5.92 Å². The van der Waals surface area contributed by atoms with E-state index < -0.39 is 28.0 Å². The number of hydrogen-bond donors (Lipinski definition) is 1. The Morgan fingerprint density at radius 1 is 0.960 bits per heavy atom. The average molecular weight is 357 g/mol. The number of aliphatic carboxylic acids is 1. The molecule has 2 aromatic rings. The Kier molecular flexibility index (Phi) is 3.89. The van der Waals surface area contributed by atoms with Crippen LogP contribution in [0.25, 0.3) is 11.1 Å². The van der Waals surface area contributed by atoms with Crippen molar-refractivity contribution in [2.45, 2.75) is 36.2 Å². The Labute approximate surface area is 147 Å². The summed E-state index contributed by atoms with van der Waals surface area (Å²) in [5.41, 5.74) is 1.98. The summed E-state index contributed by atoms with van der Waals surface area (Å²) in [5.74, 6) is -1.48. The van der Waals surface area contributed by atoms with E-state index in [1.165, 1.54) is 4.31 Å². The second-order valence-electron chi connectivity index (χ2n) is 6.70. The molecule has 2 heterocycles. The van der Waals surface area contributed by atoms with Gasteiger partial charge in [0, 0.05) is 12.1 Å². The first-order valence-electron chi connectivity index (χ1n) is 8.40. The third-order valence-corrected chi connectivity index (χ3v) is 7.32. The zero-order valence-corrected chi connectivity index (χ0v) is 14.4. The van der Waals surface area contributed by atoms with E-state index in [2.05, 4.69) is 0 Å². The van der Waals surface area contributed by atoms with Crippen LogP contribution in [0.3, 0.4) is 0 Å². The summed E-state index contributed by atoms with van der Waals surface area (Å²) in [4.78, 5) is 11.6. The van der Waals surface area contributed by atoms with Crippen LogP contribution in [0.2, 0.25) is 0 Å². The van der Waals surface area contributed by atoms with Gasteiger partial charge in [0.2, 0.25) is 10.0 Å². The minimum absolute atomic E-state index is 0.190. The summed E-state index contributed by atoms with van der Waals surface area (Å²) in [6, 6.07) is 16.0. The molecule has 2 saturated heterocycles. The highest BCUT2D eigenvalue weighted by Gasteiger charge is 2.54. The summed E-state index contributed by atoms with van der Waals surface area (Å²) in [6.45, 7) is 0. The van der Waals surface area contributed by atoms with E-state index in [1.807, 2.05) is 30.3 Å². The SMILES string of the molecule is O=C(O)C1CC2CCC1N2S(=O)(=O)c1ccc(-c2ccccc2)cc1. The monoisotopic (exact) mass is 357 g/mol. The van der Waals surface area contributed by atoms with Crippen molar-refractivity contribution < 1.29 is 18.3 Å². The minimum atomic E-state index is -3.67. The van der Waals surface area contributed by atoms with E-state index in [4.69, 9.17) is 0 Å². The molecule has 6 heteroatoms. The van der Waals surface area contributed by atoms with Gasteiger partial charge in [-0.15, -0.1) is 0 Å².